The molecule has 0 unspecified atom stereocenters. The molecule has 0 heterocycles. The van der Waals surface area contributed by atoms with Crippen LogP contribution in [0.1, 0.15) is 35.7 Å². The maximum atomic E-state index is 12.7. The van der Waals surface area contributed by atoms with Crippen LogP contribution in [0.25, 0.3) is 11.1 Å². The van der Waals surface area contributed by atoms with Crippen LogP contribution >= 0.6 is 0 Å². The van der Waals surface area contributed by atoms with E-state index in [4.69, 9.17) is 9.47 Å². The van der Waals surface area contributed by atoms with Crippen LogP contribution in [0.4, 0.5) is 0 Å². The van der Waals surface area contributed by atoms with Crippen molar-refractivity contribution in [3.63, 3.8) is 0 Å². The number of carbonyl (C=O) groups is 2. The van der Waals surface area contributed by atoms with Gasteiger partial charge in [0.05, 0.1) is 0 Å². The van der Waals surface area contributed by atoms with Crippen LogP contribution in [0.2, 0.25) is 0 Å². The molecular weight excluding hydrogens is 392 g/mol. The number of hydrogen-bond acceptors (Lipinski definition) is 4. The lowest BCUT2D eigenvalue weighted by molar-refractivity contribution is -0.148. The predicted molar refractivity (Wildman–Crippen MR) is 120 cm³/mol. The van der Waals surface area contributed by atoms with Crippen molar-refractivity contribution in [1.29, 1.82) is 0 Å². The van der Waals surface area contributed by atoms with Gasteiger partial charge in [0, 0.05) is 25.5 Å². The van der Waals surface area contributed by atoms with Gasteiger partial charge in [0.1, 0.15) is 11.5 Å². The largest absolute Gasteiger partial charge is 0.479 e. The summed E-state index contributed by atoms with van der Waals surface area (Å²) in [6.45, 7) is 1.93. The molecule has 160 valence electrons. The first-order chi connectivity index (χ1) is 15.0. The van der Waals surface area contributed by atoms with Crippen LogP contribution in [-0.2, 0) is 16.0 Å². The van der Waals surface area contributed by atoms with Gasteiger partial charge in [0.2, 0.25) is 0 Å². The fourth-order valence-electron chi connectivity index (χ4n) is 3.37. The molecule has 0 aromatic heterocycles. The first-order valence-corrected chi connectivity index (χ1v) is 10.3. The number of benzene rings is 3. The van der Waals surface area contributed by atoms with Crippen LogP contribution in [0.3, 0.4) is 0 Å². The molecular formula is C26H26O5. The van der Waals surface area contributed by atoms with Crippen molar-refractivity contribution in [2.24, 2.45) is 0 Å². The third kappa shape index (κ3) is 5.80. The summed E-state index contributed by atoms with van der Waals surface area (Å²) in [5.74, 6) is 0.0828. The van der Waals surface area contributed by atoms with Crippen molar-refractivity contribution in [3.8, 4) is 22.6 Å². The summed E-state index contributed by atoms with van der Waals surface area (Å²) in [4.78, 5) is 24.0. The Morgan fingerprint density at radius 2 is 1.55 bits per heavy atom. The highest BCUT2D eigenvalue weighted by Crippen LogP contribution is 2.28. The standard InChI is InChI=1S/C26H26O5/c1-3-7-24(27)23-17-22(15-12-20(23)16-25(30-2)26(28)29)31-21-13-10-19(11-14-21)18-8-5-4-6-9-18/h4-6,8-15,17,25H,3,7,16H2,1-2H3,(H,28,29)/t25-/m0/s1. The summed E-state index contributed by atoms with van der Waals surface area (Å²) in [6.07, 6.45) is 0.192. The lowest BCUT2D eigenvalue weighted by atomic mass is 9.96. The molecule has 3 rings (SSSR count). The van der Waals surface area contributed by atoms with Gasteiger partial charge in [-0.2, -0.15) is 0 Å². The maximum absolute atomic E-state index is 12.7. The molecule has 1 atom stereocenters. The van der Waals surface area contributed by atoms with Crippen molar-refractivity contribution in [2.75, 3.05) is 7.11 Å². The van der Waals surface area contributed by atoms with Gasteiger partial charge in [0.25, 0.3) is 0 Å². The molecule has 0 fully saturated rings. The van der Waals surface area contributed by atoms with E-state index in [0.29, 0.717) is 35.5 Å². The molecule has 0 aliphatic rings. The molecule has 0 spiro atoms. The van der Waals surface area contributed by atoms with E-state index in [1.165, 1.54) is 7.11 Å². The van der Waals surface area contributed by atoms with E-state index in [9.17, 15) is 14.7 Å². The number of carboxylic acid groups (broad SMARTS) is 1. The monoisotopic (exact) mass is 418 g/mol. The highest BCUT2D eigenvalue weighted by Gasteiger charge is 2.21. The van der Waals surface area contributed by atoms with E-state index in [2.05, 4.69) is 0 Å². The Hall–Kier alpha value is -3.44. The van der Waals surface area contributed by atoms with Gasteiger partial charge in [-0.05, 0) is 47.4 Å². The minimum atomic E-state index is -1.06. The lowest BCUT2D eigenvalue weighted by Crippen LogP contribution is -2.25. The number of rotatable bonds is 10. The van der Waals surface area contributed by atoms with Gasteiger partial charge in [-0.25, -0.2) is 4.79 Å². The Morgan fingerprint density at radius 3 is 2.16 bits per heavy atom. The second kappa shape index (κ2) is 10.5. The number of carboxylic acids is 1. The van der Waals surface area contributed by atoms with Gasteiger partial charge in [-0.3, -0.25) is 4.79 Å². The summed E-state index contributed by atoms with van der Waals surface area (Å²) >= 11 is 0. The summed E-state index contributed by atoms with van der Waals surface area (Å²) in [7, 11) is 1.35. The molecule has 0 radical (unpaired) electrons. The zero-order valence-electron chi connectivity index (χ0n) is 17.7. The Kier molecular flexibility index (Phi) is 7.57. The topological polar surface area (TPSA) is 72.8 Å². The zero-order chi connectivity index (χ0) is 22.2. The molecule has 0 bridgehead atoms. The number of hydrogen-bond donors (Lipinski definition) is 1. The third-order valence-corrected chi connectivity index (χ3v) is 5.02. The van der Waals surface area contributed by atoms with Crippen LogP contribution in [-0.4, -0.2) is 30.1 Å². The van der Waals surface area contributed by atoms with E-state index >= 15 is 0 Å². The first-order valence-electron chi connectivity index (χ1n) is 10.3. The van der Waals surface area contributed by atoms with Crippen molar-refractivity contribution in [3.05, 3.63) is 83.9 Å². The molecule has 3 aromatic carbocycles. The fourth-order valence-corrected chi connectivity index (χ4v) is 3.37. The zero-order valence-corrected chi connectivity index (χ0v) is 17.7. The van der Waals surface area contributed by atoms with E-state index < -0.39 is 12.1 Å². The van der Waals surface area contributed by atoms with Gasteiger partial charge in [-0.1, -0.05) is 55.5 Å². The van der Waals surface area contributed by atoms with Crippen molar-refractivity contribution in [1.82, 2.24) is 0 Å². The second-order valence-corrected chi connectivity index (χ2v) is 7.25. The van der Waals surface area contributed by atoms with Gasteiger partial charge < -0.3 is 14.6 Å². The number of ketones is 1. The SMILES string of the molecule is CCCC(=O)c1cc(Oc2ccc(-c3ccccc3)cc2)ccc1C[C@H](OC)C(=O)O. The van der Waals surface area contributed by atoms with Crippen LogP contribution in [0, 0.1) is 0 Å². The minimum absolute atomic E-state index is 0.0392. The van der Waals surface area contributed by atoms with E-state index in [0.717, 1.165) is 11.1 Å². The first kappa shape index (κ1) is 22.2. The Morgan fingerprint density at radius 1 is 0.903 bits per heavy atom. The molecule has 5 heteroatoms. The van der Waals surface area contributed by atoms with Crippen LogP contribution < -0.4 is 4.74 Å². The minimum Gasteiger partial charge on any atom is -0.479 e. The molecule has 3 aromatic rings. The molecule has 31 heavy (non-hydrogen) atoms. The summed E-state index contributed by atoms with van der Waals surface area (Å²) in [6, 6.07) is 23.0. The van der Waals surface area contributed by atoms with Gasteiger partial charge >= 0.3 is 5.97 Å². The number of carbonyl (C=O) groups excluding carboxylic acids is 1. The Balaban J connectivity index is 1.83. The van der Waals surface area contributed by atoms with E-state index in [-0.39, 0.29) is 12.2 Å². The van der Waals surface area contributed by atoms with Crippen LogP contribution in [0.15, 0.2) is 72.8 Å². The Bertz CT molecular complexity index is 1030. The number of Topliss-reactive ketones (excluding diaryl/α,β-unsaturated/α-hetero) is 1. The smallest absolute Gasteiger partial charge is 0.333 e. The molecule has 1 N–H and O–H groups in total. The number of methoxy groups -OCH3 is 1. The highest BCUT2D eigenvalue weighted by atomic mass is 16.5. The second-order valence-electron chi connectivity index (χ2n) is 7.25. The number of ether oxygens (including phenoxy) is 2. The highest BCUT2D eigenvalue weighted by molar-refractivity contribution is 5.98. The van der Waals surface area contributed by atoms with Gasteiger partial charge in [0.15, 0.2) is 11.9 Å². The summed E-state index contributed by atoms with van der Waals surface area (Å²) in [5.41, 5.74) is 3.32. The molecule has 0 amide bonds. The van der Waals surface area contributed by atoms with Crippen molar-refractivity contribution in [2.45, 2.75) is 32.3 Å². The average molecular weight is 418 g/mol. The maximum Gasteiger partial charge on any atom is 0.333 e. The van der Waals surface area contributed by atoms with E-state index in [1.54, 1.807) is 18.2 Å². The third-order valence-electron chi connectivity index (χ3n) is 5.02. The Labute approximate surface area is 182 Å². The van der Waals surface area contributed by atoms with E-state index in [1.807, 2.05) is 61.5 Å². The summed E-state index contributed by atoms with van der Waals surface area (Å²) < 4.78 is 11.0. The fraction of sp³-hybridized carbons (Fsp3) is 0.231. The average Bonchev–Trinajstić information content (AvgIpc) is 2.79. The summed E-state index contributed by atoms with van der Waals surface area (Å²) in [5, 5.41) is 9.29. The predicted octanol–water partition coefficient (Wildman–Crippen LogP) is 5.77. The van der Waals surface area contributed by atoms with Gasteiger partial charge in [-0.15, -0.1) is 0 Å². The molecule has 5 nitrogen and oxygen atoms in total. The van der Waals surface area contributed by atoms with Crippen LogP contribution in [0.5, 0.6) is 11.5 Å². The number of aliphatic carboxylic acids is 1. The van der Waals surface area contributed by atoms with Crippen molar-refractivity contribution >= 4 is 11.8 Å². The van der Waals surface area contributed by atoms with Crippen molar-refractivity contribution < 1.29 is 24.2 Å². The lowest BCUT2D eigenvalue weighted by Gasteiger charge is -2.15. The molecule has 0 saturated heterocycles. The normalized spacial score (nSPS) is 11.7. The quantitative estimate of drug-likeness (QED) is 0.423. The molecule has 0 saturated carbocycles. The molecule has 0 aliphatic carbocycles. The molecule has 0 aliphatic heterocycles.